The first kappa shape index (κ1) is 14.4. The molecular formula is C13H22N4OS. The summed E-state index contributed by atoms with van der Waals surface area (Å²) in [5.41, 5.74) is 1.01. The molecule has 5 nitrogen and oxygen atoms in total. The van der Waals surface area contributed by atoms with E-state index in [1.54, 1.807) is 12.4 Å². The van der Waals surface area contributed by atoms with E-state index in [4.69, 9.17) is 0 Å². The Kier molecular flexibility index (Phi) is 4.52. The molecule has 1 aromatic rings. The zero-order valence-electron chi connectivity index (χ0n) is 11.8. The van der Waals surface area contributed by atoms with Crippen LogP contribution in [0.15, 0.2) is 12.4 Å². The van der Waals surface area contributed by atoms with E-state index < -0.39 is 10.8 Å². The molecule has 2 rings (SSSR count). The van der Waals surface area contributed by atoms with Crippen LogP contribution in [0.5, 0.6) is 0 Å². The molecule has 1 aromatic heterocycles. The van der Waals surface area contributed by atoms with Gasteiger partial charge in [-0.15, -0.1) is 0 Å². The van der Waals surface area contributed by atoms with Crippen molar-refractivity contribution >= 4 is 16.6 Å². The van der Waals surface area contributed by atoms with Crippen LogP contribution in [-0.4, -0.2) is 44.3 Å². The molecule has 19 heavy (non-hydrogen) atoms. The third kappa shape index (κ3) is 4.54. The molecule has 0 amide bonds. The van der Waals surface area contributed by atoms with Crippen LogP contribution in [0.2, 0.25) is 0 Å². The summed E-state index contributed by atoms with van der Waals surface area (Å²) in [5, 5.41) is 3.41. The van der Waals surface area contributed by atoms with Gasteiger partial charge in [0.1, 0.15) is 5.82 Å². The van der Waals surface area contributed by atoms with Crippen LogP contribution in [-0.2, 0) is 17.3 Å². The highest BCUT2D eigenvalue weighted by Gasteiger charge is 2.17. The molecule has 0 atom stereocenters. The van der Waals surface area contributed by atoms with Crippen LogP contribution < -0.4 is 10.2 Å². The lowest BCUT2D eigenvalue weighted by Gasteiger charge is -2.27. The van der Waals surface area contributed by atoms with Gasteiger partial charge in [0.05, 0.1) is 11.9 Å². The first-order valence-electron chi connectivity index (χ1n) is 6.60. The van der Waals surface area contributed by atoms with Gasteiger partial charge in [0.15, 0.2) is 0 Å². The number of rotatable bonds is 3. The number of aromatic nitrogens is 2. The lowest BCUT2D eigenvalue weighted by Crippen LogP contribution is -2.39. The van der Waals surface area contributed by atoms with Gasteiger partial charge in [-0.05, 0) is 20.8 Å². The summed E-state index contributed by atoms with van der Waals surface area (Å²) in [4.78, 5) is 11.0. The minimum absolute atomic E-state index is 0.0692. The van der Waals surface area contributed by atoms with E-state index in [1.165, 1.54) is 0 Å². The van der Waals surface area contributed by atoms with Gasteiger partial charge in [-0.1, -0.05) is 0 Å². The lowest BCUT2D eigenvalue weighted by atomic mass is 10.1. The Morgan fingerprint density at radius 1 is 1.32 bits per heavy atom. The fourth-order valence-electron chi connectivity index (χ4n) is 1.86. The average Bonchev–Trinajstić information content (AvgIpc) is 2.37. The van der Waals surface area contributed by atoms with E-state index in [1.807, 2.05) is 0 Å². The highest BCUT2D eigenvalue weighted by Crippen LogP contribution is 2.13. The van der Waals surface area contributed by atoms with E-state index in [-0.39, 0.29) is 5.54 Å². The molecule has 0 aromatic carbocycles. The van der Waals surface area contributed by atoms with Crippen LogP contribution in [0.1, 0.15) is 26.5 Å². The minimum atomic E-state index is -0.657. The zero-order chi connectivity index (χ0) is 13.9. The molecular weight excluding hydrogens is 260 g/mol. The van der Waals surface area contributed by atoms with Crippen molar-refractivity contribution in [2.24, 2.45) is 0 Å². The number of nitrogens with one attached hydrogen (secondary N) is 1. The Morgan fingerprint density at radius 2 is 2.00 bits per heavy atom. The first-order valence-corrected chi connectivity index (χ1v) is 8.09. The molecule has 1 fully saturated rings. The first-order chi connectivity index (χ1) is 8.94. The molecule has 0 unspecified atom stereocenters. The van der Waals surface area contributed by atoms with Crippen molar-refractivity contribution in [3.63, 3.8) is 0 Å². The molecule has 0 aliphatic carbocycles. The van der Waals surface area contributed by atoms with E-state index >= 15 is 0 Å². The maximum absolute atomic E-state index is 11.4. The Bertz CT molecular complexity index is 448. The highest BCUT2D eigenvalue weighted by molar-refractivity contribution is 7.85. The monoisotopic (exact) mass is 282 g/mol. The van der Waals surface area contributed by atoms with Crippen molar-refractivity contribution in [2.45, 2.75) is 32.9 Å². The van der Waals surface area contributed by atoms with Crippen molar-refractivity contribution in [2.75, 3.05) is 29.5 Å². The maximum Gasteiger partial charge on any atom is 0.147 e. The number of anilines is 1. The third-order valence-electron chi connectivity index (χ3n) is 2.97. The van der Waals surface area contributed by atoms with Gasteiger partial charge in [-0.25, -0.2) is 4.98 Å². The Balaban J connectivity index is 2.00. The predicted octanol–water partition coefficient (Wildman–Crippen LogP) is 0.933. The molecule has 0 spiro atoms. The van der Waals surface area contributed by atoms with Crippen molar-refractivity contribution in [1.82, 2.24) is 15.3 Å². The van der Waals surface area contributed by atoms with Crippen LogP contribution in [0.25, 0.3) is 0 Å². The van der Waals surface area contributed by atoms with Crippen LogP contribution in [0.4, 0.5) is 5.82 Å². The summed E-state index contributed by atoms with van der Waals surface area (Å²) in [6.45, 7) is 8.71. The fourth-order valence-corrected chi connectivity index (χ4v) is 2.91. The lowest BCUT2D eigenvalue weighted by molar-refractivity contribution is 0.421. The summed E-state index contributed by atoms with van der Waals surface area (Å²) < 4.78 is 11.4. The molecule has 106 valence electrons. The molecule has 1 N–H and O–H groups in total. The maximum atomic E-state index is 11.4. The van der Waals surface area contributed by atoms with Crippen molar-refractivity contribution in [1.29, 1.82) is 0 Å². The molecule has 1 saturated heterocycles. The van der Waals surface area contributed by atoms with E-state index in [0.29, 0.717) is 6.54 Å². The Hall–Kier alpha value is -1.01. The van der Waals surface area contributed by atoms with Crippen molar-refractivity contribution < 1.29 is 4.21 Å². The molecule has 1 aliphatic heterocycles. The minimum Gasteiger partial charge on any atom is -0.353 e. The quantitative estimate of drug-likeness (QED) is 0.894. The van der Waals surface area contributed by atoms with Crippen LogP contribution in [0.3, 0.4) is 0 Å². The van der Waals surface area contributed by atoms with Crippen LogP contribution in [0, 0.1) is 0 Å². The third-order valence-corrected chi connectivity index (χ3v) is 4.25. The molecule has 0 bridgehead atoms. The number of nitrogens with zero attached hydrogens (tertiary/aromatic N) is 3. The predicted molar refractivity (Wildman–Crippen MR) is 78.7 cm³/mol. The Morgan fingerprint density at radius 3 is 2.63 bits per heavy atom. The van der Waals surface area contributed by atoms with Gasteiger partial charge in [-0.3, -0.25) is 9.19 Å². The standard InChI is InChI=1S/C13H22N4OS/c1-13(2,3)15-9-11-8-14-10-12(16-11)17-4-6-19(18)7-5-17/h8,10,15H,4-7,9H2,1-3H3. The SMILES string of the molecule is CC(C)(C)NCc1cncc(N2CCS(=O)CC2)n1. The summed E-state index contributed by atoms with van der Waals surface area (Å²) in [6.07, 6.45) is 3.58. The van der Waals surface area contributed by atoms with Gasteiger partial charge >= 0.3 is 0 Å². The van der Waals surface area contributed by atoms with Gasteiger partial charge in [-0.2, -0.15) is 0 Å². The topological polar surface area (TPSA) is 58.1 Å². The summed E-state index contributed by atoms with van der Waals surface area (Å²) in [7, 11) is -0.657. The van der Waals surface area contributed by atoms with Gasteiger partial charge < -0.3 is 10.2 Å². The van der Waals surface area contributed by atoms with Gasteiger partial charge in [0, 0.05) is 53.7 Å². The van der Waals surface area contributed by atoms with Crippen molar-refractivity contribution in [3.8, 4) is 0 Å². The molecule has 1 aliphatic rings. The molecule has 2 heterocycles. The smallest absolute Gasteiger partial charge is 0.147 e. The van der Waals surface area contributed by atoms with E-state index in [2.05, 4.69) is 41.0 Å². The zero-order valence-corrected chi connectivity index (χ0v) is 12.7. The summed E-state index contributed by atoms with van der Waals surface area (Å²) in [5.74, 6) is 2.35. The summed E-state index contributed by atoms with van der Waals surface area (Å²) in [6, 6.07) is 0. The van der Waals surface area contributed by atoms with Crippen LogP contribution >= 0.6 is 0 Å². The molecule has 0 saturated carbocycles. The largest absolute Gasteiger partial charge is 0.353 e. The van der Waals surface area contributed by atoms with E-state index in [0.717, 1.165) is 36.1 Å². The number of hydrogen-bond acceptors (Lipinski definition) is 5. The second-order valence-electron chi connectivity index (χ2n) is 5.81. The normalized spacial score (nSPS) is 17.7. The molecule has 6 heteroatoms. The fraction of sp³-hybridized carbons (Fsp3) is 0.692. The van der Waals surface area contributed by atoms with E-state index in [9.17, 15) is 4.21 Å². The average molecular weight is 282 g/mol. The second-order valence-corrected chi connectivity index (χ2v) is 7.50. The molecule has 0 radical (unpaired) electrons. The number of hydrogen-bond donors (Lipinski definition) is 1. The highest BCUT2D eigenvalue weighted by atomic mass is 32.2. The van der Waals surface area contributed by atoms with Crippen molar-refractivity contribution in [3.05, 3.63) is 18.1 Å². The van der Waals surface area contributed by atoms with Gasteiger partial charge in [0.25, 0.3) is 0 Å². The second kappa shape index (κ2) is 5.96. The van der Waals surface area contributed by atoms with Gasteiger partial charge in [0.2, 0.25) is 0 Å². The Labute approximate surface area is 117 Å². The summed E-state index contributed by atoms with van der Waals surface area (Å²) >= 11 is 0.